The molecule has 8 N–H and O–H groups in total. The Hall–Kier alpha value is -4.57. The van der Waals surface area contributed by atoms with Crippen molar-refractivity contribution < 1.29 is 53.4 Å². The molecule has 4 unspecified atom stereocenters. The summed E-state index contributed by atoms with van der Waals surface area (Å²) in [5, 5.41) is 31.7. The molecule has 2 aromatic rings. The van der Waals surface area contributed by atoms with Gasteiger partial charge in [0.05, 0.1) is 43.9 Å². The monoisotopic (exact) mass is 674 g/mol. The first-order valence-electron chi connectivity index (χ1n) is 15.6. The molecule has 15 nitrogen and oxygen atoms in total. The molecule has 2 amide bonds. The van der Waals surface area contributed by atoms with E-state index in [2.05, 4.69) is 5.32 Å². The first-order chi connectivity index (χ1) is 23.1. The van der Waals surface area contributed by atoms with Gasteiger partial charge in [-0.25, -0.2) is 4.79 Å². The van der Waals surface area contributed by atoms with Crippen LogP contribution in [0.25, 0.3) is 0 Å². The quantitative estimate of drug-likeness (QED) is 0.0623. The van der Waals surface area contributed by atoms with E-state index in [0.29, 0.717) is 24.1 Å². The zero-order valence-corrected chi connectivity index (χ0v) is 27.0. The molecular weight excluding hydrogens is 628 g/mol. The highest BCUT2D eigenvalue weighted by Crippen LogP contribution is 2.45. The van der Waals surface area contributed by atoms with Gasteiger partial charge in [0.1, 0.15) is 24.7 Å². The van der Waals surface area contributed by atoms with Crippen LogP contribution >= 0.6 is 0 Å². The molecule has 1 saturated carbocycles. The standard InChI is InChI=1S/C27H39N3O11.C6H7N/c1-30(7-9-39-26(35)20-14-41-27(36)25-17(13-31)2-4-19(20)25)24(34)16-38-11-10-37-8-6-29-23(33)15-40-22-12-18(32)3-5-21(22)28;7-6-4-2-1-3-5-6/h3,5,12,14,17,19,25,27,31-32,36H,2,4,6-11,13,15-16,28H2,1H3,(H,29,33);1-5H,7H2. The van der Waals surface area contributed by atoms with E-state index in [1.165, 1.54) is 29.4 Å². The fourth-order valence-electron chi connectivity index (χ4n) is 5.17. The number of phenols is 1. The lowest BCUT2D eigenvalue weighted by atomic mass is 9.83. The molecule has 2 aromatic carbocycles. The second kappa shape index (κ2) is 19.9. The van der Waals surface area contributed by atoms with Crippen LogP contribution in [0.3, 0.4) is 0 Å². The molecule has 48 heavy (non-hydrogen) atoms. The largest absolute Gasteiger partial charge is 0.508 e. The third-order valence-corrected chi connectivity index (χ3v) is 7.80. The number of amides is 2. The number of aromatic hydroxyl groups is 1. The number of likely N-dealkylation sites (N-methyl/N-ethyl adjacent to an activating group) is 1. The van der Waals surface area contributed by atoms with Crippen LogP contribution in [0.2, 0.25) is 0 Å². The van der Waals surface area contributed by atoms with Crippen molar-refractivity contribution in [3.05, 3.63) is 60.4 Å². The molecule has 264 valence electrons. The van der Waals surface area contributed by atoms with E-state index in [1.54, 1.807) is 7.05 Å². The van der Waals surface area contributed by atoms with Gasteiger partial charge >= 0.3 is 5.97 Å². The topological polar surface area (TPSA) is 225 Å². The van der Waals surface area contributed by atoms with Crippen molar-refractivity contribution in [3.63, 3.8) is 0 Å². The Labute approximate surface area is 279 Å². The highest BCUT2D eigenvalue weighted by molar-refractivity contribution is 5.89. The number of hydrogen-bond acceptors (Lipinski definition) is 13. The Morgan fingerprint density at radius 1 is 1.00 bits per heavy atom. The van der Waals surface area contributed by atoms with E-state index < -0.39 is 12.3 Å². The molecule has 2 aliphatic rings. The van der Waals surface area contributed by atoms with Gasteiger partial charge in [0, 0.05) is 43.8 Å². The van der Waals surface area contributed by atoms with Crippen LogP contribution in [0.1, 0.15) is 12.8 Å². The number of carbonyl (C=O) groups is 3. The number of rotatable bonds is 16. The van der Waals surface area contributed by atoms with Gasteiger partial charge in [-0.2, -0.15) is 0 Å². The maximum atomic E-state index is 12.6. The van der Waals surface area contributed by atoms with E-state index in [4.69, 9.17) is 35.2 Å². The summed E-state index contributed by atoms with van der Waals surface area (Å²) in [7, 11) is 1.56. The summed E-state index contributed by atoms with van der Waals surface area (Å²) >= 11 is 0. The van der Waals surface area contributed by atoms with Gasteiger partial charge < -0.3 is 60.7 Å². The second-order valence-electron chi connectivity index (χ2n) is 11.2. The Morgan fingerprint density at radius 3 is 2.46 bits per heavy atom. The number of para-hydroxylation sites is 1. The van der Waals surface area contributed by atoms with Crippen LogP contribution in [-0.4, -0.2) is 111 Å². The highest BCUT2D eigenvalue weighted by atomic mass is 16.6. The highest BCUT2D eigenvalue weighted by Gasteiger charge is 2.47. The zero-order chi connectivity index (χ0) is 34.9. The summed E-state index contributed by atoms with van der Waals surface area (Å²) in [5.41, 5.74) is 12.5. The van der Waals surface area contributed by atoms with E-state index in [0.717, 1.165) is 5.69 Å². The van der Waals surface area contributed by atoms with Crippen molar-refractivity contribution in [3.8, 4) is 11.5 Å². The molecule has 0 saturated heterocycles. The summed E-state index contributed by atoms with van der Waals surface area (Å²) in [4.78, 5) is 38.0. The summed E-state index contributed by atoms with van der Waals surface area (Å²) in [6.45, 7) is 0.456. The van der Waals surface area contributed by atoms with Gasteiger partial charge in [0.25, 0.3) is 5.91 Å². The molecular formula is C33H46N4O11. The fraction of sp³-hybridized carbons (Fsp3) is 0.485. The number of nitrogens with zero attached hydrogens (tertiary/aromatic N) is 1. The molecule has 0 bridgehead atoms. The number of nitrogen functional groups attached to an aromatic ring is 2. The summed E-state index contributed by atoms with van der Waals surface area (Å²) in [6, 6.07) is 13.7. The minimum Gasteiger partial charge on any atom is -0.508 e. The molecule has 4 rings (SSSR count). The smallest absolute Gasteiger partial charge is 0.337 e. The molecule has 0 radical (unpaired) electrons. The van der Waals surface area contributed by atoms with Gasteiger partial charge in [-0.05, 0) is 43.0 Å². The average molecular weight is 675 g/mol. The second-order valence-corrected chi connectivity index (χ2v) is 11.2. The van der Waals surface area contributed by atoms with Crippen molar-refractivity contribution in [2.24, 2.45) is 17.8 Å². The number of aliphatic hydroxyl groups is 2. The van der Waals surface area contributed by atoms with Crippen molar-refractivity contribution in [2.75, 3.05) is 77.9 Å². The van der Waals surface area contributed by atoms with E-state index in [9.17, 15) is 29.7 Å². The van der Waals surface area contributed by atoms with Crippen molar-refractivity contribution >= 4 is 29.2 Å². The van der Waals surface area contributed by atoms with E-state index in [1.807, 2.05) is 30.3 Å². The molecule has 4 atom stereocenters. The zero-order valence-electron chi connectivity index (χ0n) is 27.0. The van der Waals surface area contributed by atoms with Crippen LogP contribution in [0.4, 0.5) is 11.4 Å². The number of aliphatic hydroxyl groups excluding tert-OH is 2. The first kappa shape index (κ1) is 37.9. The van der Waals surface area contributed by atoms with Gasteiger partial charge in [0.15, 0.2) is 12.9 Å². The van der Waals surface area contributed by atoms with Crippen molar-refractivity contribution in [2.45, 2.75) is 19.1 Å². The molecule has 0 aromatic heterocycles. The summed E-state index contributed by atoms with van der Waals surface area (Å²) < 4.78 is 26.5. The minimum absolute atomic E-state index is 0.0221. The predicted octanol–water partition coefficient (Wildman–Crippen LogP) is 0.640. The molecule has 15 heteroatoms. The van der Waals surface area contributed by atoms with Crippen molar-refractivity contribution in [1.29, 1.82) is 0 Å². The number of hydrogen-bond donors (Lipinski definition) is 6. The average Bonchev–Trinajstić information content (AvgIpc) is 3.52. The van der Waals surface area contributed by atoms with E-state index in [-0.39, 0.29) is 100 Å². The Morgan fingerprint density at radius 2 is 1.75 bits per heavy atom. The molecule has 0 spiro atoms. The Kier molecular flexibility index (Phi) is 15.7. The maximum Gasteiger partial charge on any atom is 0.337 e. The van der Waals surface area contributed by atoms with Crippen LogP contribution in [0.5, 0.6) is 11.5 Å². The number of phenolic OH excluding ortho intramolecular Hbond substituents is 1. The third-order valence-electron chi connectivity index (χ3n) is 7.80. The number of anilines is 2. The molecule has 1 fully saturated rings. The van der Waals surface area contributed by atoms with Crippen LogP contribution in [-0.2, 0) is 33.3 Å². The van der Waals surface area contributed by atoms with Gasteiger partial charge in [-0.3, -0.25) is 9.59 Å². The summed E-state index contributed by atoms with van der Waals surface area (Å²) in [5.74, 6) is -1.78. The molecule has 1 aliphatic carbocycles. The number of ether oxygens (including phenoxy) is 5. The lowest BCUT2D eigenvalue weighted by Crippen LogP contribution is -2.38. The third kappa shape index (κ3) is 12.2. The fourth-order valence-corrected chi connectivity index (χ4v) is 5.17. The number of fused-ring (bicyclic) bond motifs is 1. The normalized spacial score (nSPS) is 19.4. The van der Waals surface area contributed by atoms with E-state index >= 15 is 0 Å². The number of esters is 1. The maximum absolute atomic E-state index is 12.6. The van der Waals surface area contributed by atoms with Gasteiger partial charge in [0.2, 0.25) is 5.91 Å². The van der Waals surface area contributed by atoms with Crippen LogP contribution in [0.15, 0.2) is 60.4 Å². The molecule has 1 aliphatic heterocycles. The van der Waals surface area contributed by atoms with Gasteiger partial charge in [-0.15, -0.1) is 0 Å². The van der Waals surface area contributed by atoms with Crippen LogP contribution < -0.4 is 21.5 Å². The first-order valence-corrected chi connectivity index (χ1v) is 15.6. The SMILES string of the molecule is CN(CCOC(=O)C1=COC(O)C2C(CO)CCC12)C(=O)COCCOCCNC(=O)COc1cc(O)ccc1N.Nc1ccccc1. The number of benzene rings is 2. The van der Waals surface area contributed by atoms with Crippen LogP contribution in [0, 0.1) is 17.8 Å². The lowest BCUT2D eigenvalue weighted by Gasteiger charge is -2.32. The summed E-state index contributed by atoms with van der Waals surface area (Å²) in [6.07, 6.45) is 1.51. The number of carbonyl (C=O) groups excluding carboxylic acids is 3. The Bertz CT molecular complexity index is 1340. The minimum atomic E-state index is -1.06. The predicted molar refractivity (Wildman–Crippen MR) is 174 cm³/mol. The Balaban J connectivity index is 0.000000789. The van der Waals surface area contributed by atoms with Gasteiger partial charge in [-0.1, -0.05) is 18.2 Å². The molecule has 1 heterocycles. The lowest BCUT2D eigenvalue weighted by molar-refractivity contribution is -0.150. The number of nitrogens with one attached hydrogen (secondary N) is 1. The number of nitrogens with two attached hydrogens (primary N) is 2. The van der Waals surface area contributed by atoms with Crippen molar-refractivity contribution in [1.82, 2.24) is 10.2 Å².